The van der Waals surface area contributed by atoms with Crippen molar-refractivity contribution in [2.45, 2.75) is 26.2 Å². The van der Waals surface area contributed by atoms with Crippen LogP contribution in [0.1, 0.15) is 31.7 Å². The third kappa shape index (κ3) is 3.41. The molecule has 124 valence electrons. The lowest BCUT2D eigenvalue weighted by Gasteiger charge is -2.20. The summed E-state index contributed by atoms with van der Waals surface area (Å²) in [6.07, 6.45) is 4.44. The Balaban J connectivity index is 1.92. The Bertz CT molecular complexity index is 816. The molecule has 2 aliphatic rings. The van der Waals surface area contributed by atoms with Gasteiger partial charge in [-0.1, -0.05) is 42.6 Å². The zero-order valence-electron chi connectivity index (χ0n) is 12.8. The molecule has 2 aliphatic heterocycles. The Morgan fingerprint density at radius 1 is 1.38 bits per heavy atom. The van der Waals surface area contributed by atoms with Gasteiger partial charge >= 0.3 is 0 Å². The maximum Gasteiger partial charge on any atom is 0.283 e. The van der Waals surface area contributed by atoms with E-state index in [2.05, 4.69) is 17.0 Å². The number of nitrogens with zero attached hydrogens (tertiary/aromatic N) is 3. The summed E-state index contributed by atoms with van der Waals surface area (Å²) in [5.74, 6) is -0.452. The smallest absolute Gasteiger partial charge is 0.282 e. The Morgan fingerprint density at radius 3 is 2.88 bits per heavy atom. The van der Waals surface area contributed by atoms with E-state index in [1.807, 2.05) is 0 Å². The molecule has 1 amide bonds. The van der Waals surface area contributed by atoms with Crippen LogP contribution in [0.2, 0.25) is 10.0 Å². The SMILES string of the molecule is CCCCC1=NN2C(=N)C(=Cc3ccc(Cl)cc3Cl)C(=O)N=C2S1. The summed E-state index contributed by atoms with van der Waals surface area (Å²) in [5, 5.41) is 16.3. The van der Waals surface area contributed by atoms with Gasteiger partial charge in [0.15, 0.2) is 5.84 Å². The number of carbonyl (C=O) groups excluding carboxylic acids is 1. The summed E-state index contributed by atoms with van der Waals surface area (Å²) in [5.41, 5.74) is 0.763. The maximum absolute atomic E-state index is 12.3. The molecule has 0 saturated carbocycles. The Hall–Kier alpha value is -1.63. The number of fused-ring (bicyclic) bond motifs is 1. The van der Waals surface area contributed by atoms with Crippen molar-refractivity contribution in [1.82, 2.24) is 5.01 Å². The third-order valence-electron chi connectivity index (χ3n) is 3.50. The zero-order chi connectivity index (χ0) is 17.3. The van der Waals surface area contributed by atoms with Crippen LogP contribution in [0.4, 0.5) is 0 Å². The molecular formula is C16H14Cl2N4OS. The van der Waals surface area contributed by atoms with Gasteiger partial charge in [0.1, 0.15) is 5.04 Å². The highest BCUT2D eigenvalue weighted by Gasteiger charge is 2.35. The number of hydrogen-bond donors (Lipinski definition) is 1. The van der Waals surface area contributed by atoms with E-state index in [-0.39, 0.29) is 11.4 Å². The van der Waals surface area contributed by atoms with E-state index in [1.165, 1.54) is 16.8 Å². The van der Waals surface area contributed by atoms with Crippen molar-refractivity contribution in [2.24, 2.45) is 10.1 Å². The first-order chi connectivity index (χ1) is 11.5. The molecule has 2 heterocycles. The average Bonchev–Trinajstić information content (AvgIpc) is 2.94. The van der Waals surface area contributed by atoms with E-state index >= 15 is 0 Å². The van der Waals surface area contributed by atoms with Gasteiger partial charge < -0.3 is 0 Å². The van der Waals surface area contributed by atoms with Crippen LogP contribution in [-0.4, -0.2) is 27.0 Å². The largest absolute Gasteiger partial charge is 0.283 e. The highest BCUT2D eigenvalue weighted by atomic mass is 35.5. The Morgan fingerprint density at radius 2 is 2.17 bits per heavy atom. The van der Waals surface area contributed by atoms with Crippen LogP contribution in [-0.2, 0) is 4.79 Å². The highest BCUT2D eigenvalue weighted by Crippen LogP contribution is 2.31. The zero-order valence-corrected chi connectivity index (χ0v) is 15.2. The van der Waals surface area contributed by atoms with Gasteiger partial charge in [-0.15, -0.1) is 0 Å². The molecule has 1 aromatic rings. The lowest BCUT2D eigenvalue weighted by atomic mass is 10.1. The van der Waals surface area contributed by atoms with Crippen LogP contribution in [0.15, 0.2) is 33.9 Å². The minimum absolute atomic E-state index is 0.00927. The lowest BCUT2D eigenvalue weighted by molar-refractivity contribution is -0.114. The highest BCUT2D eigenvalue weighted by molar-refractivity contribution is 8.26. The van der Waals surface area contributed by atoms with Crippen molar-refractivity contribution in [3.05, 3.63) is 39.4 Å². The number of hydrogen-bond acceptors (Lipinski definition) is 4. The predicted octanol–water partition coefficient (Wildman–Crippen LogP) is 4.80. The van der Waals surface area contributed by atoms with Crippen LogP contribution in [0, 0.1) is 5.41 Å². The molecule has 0 aromatic heterocycles. The number of amidine groups is 2. The van der Waals surface area contributed by atoms with Crippen molar-refractivity contribution < 1.29 is 4.79 Å². The second-order valence-corrected chi connectivity index (χ2v) is 7.17. The third-order valence-corrected chi connectivity index (χ3v) is 5.03. The second kappa shape index (κ2) is 7.09. The first-order valence-corrected chi connectivity index (χ1v) is 9.01. The molecule has 0 atom stereocenters. The summed E-state index contributed by atoms with van der Waals surface area (Å²) in [6.45, 7) is 2.10. The van der Waals surface area contributed by atoms with Gasteiger partial charge in [0.25, 0.3) is 5.91 Å². The second-order valence-electron chi connectivity index (χ2n) is 5.28. The molecule has 8 heteroatoms. The van der Waals surface area contributed by atoms with Crippen molar-refractivity contribution in [1.29, 1.82) is 5.41 Å². The van der Waals surface area contributed by atoms with Gasteiger partial charge in [0.05, 0.1) is 5.57 Å². The average molecular weight is 381 g/mol. The quantitative estimate of drug-likeness (QED) is 0.762. The molecule has 1 N–H and O–H groups in total. The summed E-state index contributed by atoms with van der Waals surface area (Å²) >= 11 is 13.4. The van der Waals surface area contributed by atoms with Crippen molar-refractivity contribution >= 4 is 63.0 Å². The van der Waals surface area contributed by atoms with Crippen LogP contribution in [0.3, 0.4) is 0 Å². The van der Waals surface area contributed by atoms with E-state index in [0.29, 0.717) is 20.8 Å². The maximum atomic E-state index is 12.3. The number of aliphatic imine (C=N–C) groups is 1. The number of rotatable bonds is 4. The number of amides is 1. The van der Waals surface area contributed by atoms with Gasteiger partial charge in [0, 0.05) is 10.0 Å². The molecule has 0 aliphatic carbocycles. The minimum Gasteiger partial charge on any atom is -0.282 e. The van der Waals surface area contributed by atoms with Gasteiger partial charge in [-0.25, -0.2) is 0 Å². The Labute approximate surface area is 153 Å². The Kier molecular flexibility index (Phi) is 5.08. The fourth-order valence-electron chi connectivity index (χ4n) is 2.23. The van der Waals surface area contributed by atoms with Crippen molar-refractivity contribution in [3.63, 3.8) is 0 Å². The lowest BCUT2D eigenvalue weighted by Crippen LogP contribution is -2.35. The number of carbonyl (C=O) groups is 1. The number of benzene rings is 1. The number of thioether (sulfide) groups is 1. The van der Waals surface area contributed by atoms with Crippen molar-refractivity contribution in [3.8, 4) is 0 Å². The topological polar surface area (TPSA) is 68.9 Å². The number of halogens is 2. The fourth-order valence-corrected chi connectivity index (χ4v) is 3.62. The van der Waals surface area contributed by atoms with Crippen LogP contribution in [0.5, 0.6) is 0 Å². The van der Waals surface area contributed by atoms with E-state index < -0.39 is 5.91 Å². The van der Waals surface area contributed by atoms with Crippen LogP contribution in [0.25, 0.3) is 6.08 Å². The number of hydrazone groups is 1. The first-order valence-electron chi connectivity index (χ1n) is 7.43. The van der Waals surface area contributed by atoms with Gasteiger partial charge in [-0.2, -0.15) is 15.1 Å². The van der Waals surface area contributed by atoms with E-state index in [4.69, 9.17) is 28.6 Å². The standard InChI is InChI=1S/C16H14Cl2N4OS/c1-2-3-4-13-21-22-14(19)11(15(23)20-16(22)24-13)7-9-5-6-10(17)8-12(9)18/h5-8,19H,2-4H2,1H3. The van der Waals surface area contributed by atoms with Crippen LogP contribution >= 0.6 is 35.0 Å². The molecule has 0 unspecified atom stereocenters. The summed E-state index contributed by atoms with van der Waals surface area (Å²) in [4.78, 5) is 16.3. The number of nitrogens with one attached hydrogen (secondary N) is 1. The molecule has 24 heavy (non-hydrogen) atoms. The van der Waals surface area contributed by atoms with Gasteiger partial charge in [-0.05, 0) is 48.4 Å². The van der Waals surface area contributed by atoms with Gasteiger partial charge in [-0.3, -0.25) is 10.2 Å². The first kappa shape index (κ1) is 17.2. The van der Waals surface area contributed by atoms with Crippen molar-refractivity contribution in [2.75, 3.05) is 0 Å². The predicted molar refractivity (Wildman–Crippen MR) is 101 cm³/mol. The molecule has 0 spiro atoms. The molecular weight excluding hydrogens is 367 g/mol. The molecule has 0 fully saturated rings. The monoisotopic (exact) mass is 380 g/mol. The minimum atomic E-state index is -0.461. The van der Waals surface area contributed by atoms with Crippen LogP contribution < -0.4 is 0 Å². The van der Waals surface area contributed by atoms with Gasteiger partial charge in [0.2, 0.25) is 5.17 Å². The molecule has 0 saturated heterocycles. The fraction of sp³-hybridized carbons (Fsp3) is 0.250. The summed E-state index contributed by atoms with van der Waals surface area (Å²) in [6, 6.07) is 4.97. The normalized spacial score (nSPS) is 18.8. The summed E-state index contributed by atoms with van der Waals surface area (Å²) in [7, 11) is 0. The van der Waals surface area contributed by atoms with E-state index in [1.54, 1.807) is 24.3 Å². The molecule has 1 aromatic carbocycles. The molecule has 0 bridgehead atoms. The molecule has 0 radical (unpaired) electrons. The molecule has 3 rings (SSSR count). The molecule has 5 nitrogen and oxygen atoms in total. The number of unbranched alkanes of at least 4 members (excludes halogenated alkanes) is 1. The van der Waals surface area contributed by atoms with E-state index in [9.17, 15) is 4.79 Å². The summed E-state index contributed by atoms with van der Waals surface area (Å²) < 4.78 is 0. The van der Waals surface area contributed by atoms with E-state index in [0.717, 1.165) is 24.3 Å².